The van der Waals surface area contributed by atoms with Gasteiger partial charge in [0.25, 0.3) is 0 Å². The number of aldehydes is 1. The molecule has 2 nitrogen and oxygen atoms in total. The number of aliphatic hydroxyl groups excluding tert-OH is 1. The van der Waals surface area contributed by atoms with Gasteiger partial charge >= 0.3 is 0 Å². The van der Waals surface area contributed by atoms with Gasteiger partial charge in [0.1, 0.15) is 0 Å². The van der Waals surface area contributed by atoms with Gasteiger partial charge < -0.3 is 5.11 Å². The summed E-state index contributed by atoms with van der Waals surface area (Å²) < 4.78 is 2.13. The molecule has 1 heterocycles. The number of carbonyl (C=O) groups excluding carboxylic acids is 1. The predicted molar refractivity (Wildman–Crippen MR) is 65.9 cm³/mol. The van der Waals surface area contributed by atoms with Gasteiger partial charge in [-0.15, -0.1) is 11.3 Å². The third-order valence-electron chi connectivity index (χ3n) is 2.02. The van der Waals surface area contributed by atoms with Crippen LogP contribution in [0.15, 0.2) is 17.5 Å². The van der Waals surface area contributed by atoms with E-state index in [9.17, 15) is 4.79 Å². The molecule has 1 aromatic carbocycles. The van der Waals surface area contributed by atoms with Gasteiger partial charge in [0.2, 0.25) is 0 Å². The summed E-state index contributed by atoms with van der Waals surface area (Å²) in [6.45, 7) is -0.0251. The lowest BCUT2D eigenvalue weighted by Gasteiger charge is -2.00. The van der Waals surface area contributed by atoms with E-state index in [0.29, 0.717) is 5.56 Å². The lowest BCUT2D eigenvalue weighted by atomic mass is 10.1. The summed E-state index contributed by atoms with van der Waals surface area (Å²) >= 11 is 3.80. The number of hydrogen-bond donors (Lipinski definition) is 1. The van der Waals surface area contributed by atoms with Crippen molar-refractivity contribution in [3.8, 4) is 0 Å². The summed E-state index contributed by atoms with van der Waals surface area (Å²) in [6, 6.07) is 3.67. The number of rotatable bonds is 2. The van der Waals surface area contributed by atoms with Crippen LogP contribution in [-0.2, 0) is 6.61 Å². The van der Waals surface area contributed by atoms with Crippen molar-refractivity contribution in [2.45, 2.75) is 6.61 Å². The largest absolute Gasteiger partial charge is 0.392 e. The van der Waals surface area contributed by atoms with E-state index >= 15 is 0 Å². The summed E-state index contributed by atoms with van der Waals surface area (Å²) in [7, 11) is 0. The van der Waals surface area contributed by atoms with E-state index in [-0.39, 0.29) is 6.61 Å². The quantitative estimate of drug-likeness (QED) is 0.683. The first kappa shape index (κ1) is 10.1. The summed E-state index contributed by atoms with van der Waals surface area (Å²) in [5.74, 6) is 0. The van der Waals surface area contributed by atoms with Gasteiger partial charge in [-0.25, -0.2) is 0 Å². The lowest BCUT2D eigenvalue weighted by molar-refractivity contribution is 0.112. The monoisotopic (exact) mass is 318 g/mol. The van der Waals surface area contributed by atoms with Crippen molar-refractivity contribution in [3.05, 3.63) is 32.2 Å². The Labute approximate surface area is 98.7 Å². The Hall–Kier alpha value is -0.460. The molecule has 4 heteroatoms. The maximum atomic E-state index is 10.8. The minimum absolute atomic E-state index is 0.0251. The van der Waals surface area contributed by atoms with E-state index in [1.165, 1.54) is 0 Å². The van der Waals surface area contributed by atoms with Crippen LogP contribution in [0.4, 0.5) is 0 Å². The molecule has 0 fully saturated rings. The molecule has 1 N–H and O–H groups in total. The van der Waals surface area contributed by atoms with Gasteiger partial charge in [-0.1, -0.05) is 0 Å². The van der Waals surface area contributed by atoms with E-state index in [0.717, 1.165) is 25.5 Å². The first-order chi connectivity index (χ1) is 6.76. The molecule has 0 spiro atoms. The molecule has 0 saturated carbocycles. The van der Waals surface area contributed by atoms with Gasteiger partial charge in [-0.3, -0.25) is 4.79 Å². The van der Waals surface area contributed by atoms with Gasteiger partial charge in [0.15, 0.2) is 6.29 Å². The summed E-state index contributed by atoms with van der Waals surface area (Å²) in [4.78, 5) is 10.8. The number of carbonyl (C=O) groups is 1. The molecule has 2 rings (SSSR count). The minimum atomic E-state index is -0.0251. The Bertz CT molecular complexity index is 490. The highest BCUT2D eigenvalue weighted by molar-refractivity contribution is 14.1. The highest BCUT2D eigenvalue weighted by Crippen LogP contribution is 2.30. The van der Waals surface area contributed by atoms with E-state index in [2.05, 4.69) is 22.6 Å². The van der Waals surface area contributed by atoms with Crippen molar-refractivity contribution in [3.63, 3.8) is 0 Å². The van der Waals surface area contributed by atoms with E-state index in [1.807, 2.05) is 11.4 Å². The van der Waals surface area contributed by atoms with Crippen LogP contribution < -0.4 is 0 Å². The maximum absolute atomic E-state index is 10.8. The molecule has 0 atom stereocenters. The summed E-state index contributed by atoms with van der Waals surface area (Å²) in [6.07, 6.45) is 0.841. The fraction of sp³-hybridized carbons (Fsp3) is 0.100. The topological polar surface area (TPSA) is 37.3 Å². The molecule has 1 aromatic heterocycles. The molecule has 0 saturated heterocycles. The second-order valence-corrected chi connectivity index (χ2v) is 4.96. The average molecular weight is 318 g/mol. The Morgan fingerprint density at radius 2 is 2.29 bits per heavy atom. The molecular weight excluding hydrogens is 311 g/mol. The van der Waals surface area contributed by atoms with Crippen molar-refractivity contribution < 1.29 is 9.90 Å². The Balaban J connectivity index is 2.82. The average Bonchev–Trinajstić information content (AvgIpc) is 2.59. The fourth-order valence-corrected chi connectivity index (χ4v) is 3.25. The number of hydrogen-bond acceptors (Lipinski definition) is 3. The zero-order valence-electron chi connectivity index (χ0n) is 7.16. The molecule has 0 unspecified atom stereocenters. The molecule has 0 aliphatic carbocycles. The SMILES string of the molecule is O=Cc1cc(CO)cc2c(I)csc12. The number of thiophene rings is 1. The second kappa shape index (κ2) is 3.96. The normalized spacial score (nSPS) is 10.7. The highest BCUT2D eigenvalue weighted by Gasteiger charge is 2.07. The zero-order valence-corrected chi connectivity index (χ0v) is 10.1. The maximum Gasteiger partial charge on any atom is 0.151 e. The fourth-order valence-electron chi connectivity index (χ4n) is 1.38. The third-order valence-corrected chi connectivity index (χ3v) is 4.38. The van der Waals surface area contributed by atoms with Crippen LogP contribution in [-0.4, -0.2) is 11.4 Å². The van der Waals surface area contributed by atoms with E-state index in [4.69, 9.17) is 5.11 Å². The minimum Gasteiger partial charge on any atom is -0.392 e. The number of fused-ring (bicyclic) bond motifs is 1. The summed E-state index contributed by atoms with van der Waals surface area (Å²) in [5.41, 5.74) is 1.45. The number of benzene rings is 1. The predicted octanol–water partition coefficient (Wildman–Crippen LogP) is 2.81. The number of aliphatic hydroxyl groups is 1. The first-order valence-electron chi connectivity index (χ1n) is 4.02. The second-order valence-electron chi connectivity index (χ2n) is 2.92. The molecule has 0 radical (unpaired) electrons. The lowest BCUT2D eigenvalue weighted by Crippen LogP contribution is -1.87. The first-order valence-corrected chi connectivity index (χ1v) is 5.97. The van der Waals surface area contributed by atoms with Crippen molar-refractivity contribution >= 4 is 50.3 Å². The Kier molecular flexibility index (Phi) is 2.85. The van der Waals surface area contributed by atoms with Crippen molar-refractivity contribution in [1.82, 2.24) is 0 Å². The van der Waals surface area contributed by atoms with Crippen LogP contribution in [0.5, 0.6) is 0 Å². The Morgan fingerprint density at radius 3 is 2.93 bits per heavy atom. The zero-order chi connectivity index (χ0) is 10.1. The summed E-state index contributed by atoms with van der Waals surface area (Å²) in [5, 5.41) is 12.1. The van der Waals surface area contributed by atoms with Crippen LogP contribution in [0.2, 0.25) is 0 Å². The van der Waals surface area contributed by atoms with Gasteiger partial charge in [0, 0.05) is 24.6 Å². The highest BCUT2D eigenvalue weighted by atomic mass is 127. The van der Waals surface area contributed by atoms with Crippen molar-refractivity contribution in [2.24, 2.45) is 0 Å². The molecule has 0 amide bonds. The van der Waals surface area contributed by atoms with Crippen LogP contribution in [0.1, 0.15) is 15.9 Å². The van der Waals surface area contributed by atoms with Crippen LogP contribution in [0.25, 0.3) is 10.1 Å². The Morgan fingerprint density at radius 1 is 1.50 bits per heavy atom. The molecule has 14 heavy (non-hydrogen) atoms. The van der Waals surface area contributed by atoms with Gasteiger partial charge in [-0.2, -0.15) is 0 Å². The van der Waals surface area contributed by atoms with Gasteiger partial charge in [-0.05, 0) is 40.3 Å². The van der Waals surface area contributed by atoms with Crippen molar-refractivity contribution in [2.75, 3.05) is 0 Å². The third kappa shape index (κ3) is 1.57. The van der Waals surface area contributed by atoms with E-state index < -0.39 is 0 Å². The molecule has 0 aliphatic rings. The molecular formula is C10H7IO2S. The van der Waals surface area contributed by atoms with Gasteiger partial charge in [0.05, 0.1) is 6.61 Å². The molecule has 2 aromatic rings. The van der Waals surface area contributed by atoms with Crippen LogP contribution in [0.3, 0.4) is 0 Å². The van der Waals surface area contributed by atoms with Crippen LogP contribution in [0, 0.1) is 3.57 Å². The van der Waals surface area contributed by atoms with Crippen molar-refractivity contribution in [1.29, 1.82) is 0 Å². The molecule has 0 aliphatic heterocycles. The molecule has 72 valence electrons. The molecule has 0 bridgehead atoms. The smallest absolute Gasteiger partial charge is 0.151 e. The standard InChI is InChI=1S/C10H7IO2S/c11-9-5-14-10-7(4-13)1-6(3-12)2-8(9)10/h1-2,4-5,12H,3H2. The van der Waals surface area contributed by atoms with Crippen LogP contribution >= 0.6 is 33.9 Å². The van der Waals surface area contributed by atoms with E-state index in [1.54, 1.807) is 17.4 Å². The number of halogens is 1.